The third kappa shape index (κ3) is 1.89. The molecule has 6 heteroatoms. The smallest absolute Gasteiger partial charge is 0.180 e. The first-order chi connectivity index (χ1) is 7.63. The fraction of sp³-hybridized carbons (Fsp3) is 0.300. The Kier molecular flexibility index (Phi) is 3.08. The van der Waals surface area contributed by atoms with Gasteiger partial charge >= 0.3 is 0 Å². The van der Waals surface area contributed by atoms with Crippen LogP contribution in [0.1, 0.15) is 12.6 Å². The van der Waals surface area contributed by atoms with Crippen molar-refractivity contribution in [3.8, 4) is 11.5 Å². The molecule has 16 heavy (non-hydrogen) atoms. The van der Waals surface area contributed by atoms with E-state index >= 15 is 0 Å². The fourth-order valence-corrected chi connectivity index (χ4v) is 2.08. The molecule has 5 nitrogen and oxygen atoms in total. The van der Waals surface area contributed by atoms with Gasteiger partial charge in [0.1, 0.15) is 11.5 Å². The van der Waals surface area contributed by atoms with E-state index in [0.29, 0.717) is 11.6 Å². The van der Waals surface area contributed by atoms with Gasteiger partial charge in [-0.05, 0) is 35.1 Å². The summed E-state index contributed by atoms with van der Waals surface area (Å²) < 4.78 is 2.67. The van der Waals surface area contributed by atoms with Crippen LogP contribution in [0.3, 0.4) is 0 Å². The minimum absolute atomic E-state index is 0.531. The quantitative estimate of drug-likeness (QED) is 0.850. The summed E-state index contributed by atoms with van der Waals surface area (Å²) in [6.07, 6.45) is 2.56. The number of nitrogens with zero attached hydrogens (tertiary/aromatic N) is 4. The molecule has 0 atom stereocenters. The summed E-state index contributed by atoms with van der Waals surface area (Å²) in [7, 11) is 1.86. The van der Waals surface area contributed by atoms with Crippen LogP contribution in [0.25, 0.3) is 11.5 Å². The first-order valence-corrected chi connectivity index (χ1v) is 6.01. The molecule has 2 aromatic rings. The van der Waals surface area contributed by atoms with Crippen molar-refractivity contribution < 1.29 is 0 Å². The predicted molar refractivity (Wildman–Crippen MR) is 70.7 cm³/mol. The lowest BCUT2D eigenvalue weighted by Crippen LogP contribution is -2.06. The fourth-order valence-electron chi connectivity index (χ4n) is 1.45. The summed E-state index contributed by atoms with van der Waals surface area (Å²) in [5.41, 5.74) is 7.71. The number of halogens is 1. The molecule has 0 spiro atoms. The number of hydrogen-bond acceptors (Lipinski definition) is 4. The monoisotopic (exact) mass is 329 g/mol. The van der Waals surface area contributed by atoms with Gasteiger partial charge in [0.25, 0.3) is 0 Å². The maximum absolute atomic E-state index is 5.86. The second-order valence-electron chi connectivity index (χ2n) is 3.39. The first-order valence-electron chi connectivity index (χ1n) is 4.93. The van der Waals surface area contributed by atoms with Crippen molar-refractivity contribution in [3.63, 3.8) is 0 Å². The lowest BCUT2D eigenvalue weighted by atomic mass is 10.3. The second-order valence-corrected chi connectivity index (χ2v) is 4.47. The molecule has 0 saturated carbocycles. The topological polar surface area (TPSA) is 69.6 Å². The van der Waals surface area contributed by atoms with Gasteiger partial charge < -0.3 is 5.73 Å². The van der Waals surface area contributed by atoms with E-state index < -0.39 is 0 Å². The number of aromatic nitrogens is 4. The number of nitrogen functional groups attached to an aromatic ring is 1. The Bertz CT molecular complexity index is 520. The van der Waals surface area contributed by atoms with Gasteiger partial charge in [0.2, 0.25) is 0 Å². The van der Waals surface area contributed by atoms with Gasteiger partial charge in [-0.2, -0.15) is 5.10 Å². The van der Waals surface area contributed by atoms with E-state index in [2.05, 4.69) is 44.6 Å². The lowest BCUT2D eigenvalue weighted by molar-refractivity contribution is 0.768. The predicted octanol–water partition coefficient (Wildman–Crippen LogP) is 1.63. The highest BCUT2D eigenvalue weighted by molar-refractivity contribution is 14.1. The van der Waals surface area contributed by atoms with Crippen LogP contribution in [-0.4, -0.2) is 19.7 Å². The molecule has 2 heterocycles. The van der Waals surface area contributed by atoms with E-state index in [1.54, 1.807) is 10.9 Å². The Morgan fingerprint density at radius 3 is 2.75 bits per heavy atom. The van der Waals surface area contributed by atoms with E-state index in [0.717, 1.165) is 21.4 Å². The average Bonchev–Trinajstić information content (AvgIpc) is 2.68. The van der Waals surface area contributed by atoms with Crippen LogP contribution in [-0.2, 0) is 13.5 Å². The first kappa shape index (κ1) is 11.3. The van der Waals surface area contributed by atoms with Crippen molar-refractivity contribution in [2.75, 3.05) is 5.73 Å². The van der Waals surface area contributed by atoms with Crippen LogP contribution in [0.5, 0.6) is 0 Å². The van der Waals surface area contributed by atoms with Crippen LogP contribution in [0.4, 0.5) is 5.82 Å². The van der Waals surface area contributed by atoms with Crippen molar-refractivity contribution in [1.29, 1.82) is 0 Å². The number of aryl methyl sites for hydroxylation is 2. The van der Waals surface area contributed by atoms with Crippen molar-refractivity contribution in [1.82, 2.24) is 19.7 Å². The van der Waals surface area contributed by atoms with E-state index in [-0.39, 0.29) is 0 Å². The Hall–Kier alpha value is -1.18. The average molecular weight is 329 g/mol. The third-order valence-electron chi connectivity index (χ3n) is 2.33. The van der Waals surface area contributed by atoms with Gasteiger partial charge in [-0.3, -0.25) is 4.68 Å². The Balaban J connectivity index is 2.59. The molecule has 0 amide bonds. The molecular formula is C10H12IN5. The van der Waals surface area contributed by atoms with Crippen LogP contribution in [0.15, 0.2) is 12.3 Å². The zero-order valence-electron chi connectivity index (χ0n) is 9.11. The minimum Gasteiger partial charge on any atom is -0.383 e. The number of rotatable bonds is 2. The molecule has 0 unspecified atom stereocenters. The van der Waals surface area contributed by atoms with Crippen molar-refractivity contribution >= 4 is 28.4 Å². The highest BCUT2D eigenvalue weighted by atomic mass is 127. The van der Waals surface area contributed by atoms with Gasteiger partial charge in [0.15, 0.2) is 5.82 Å². The van der Waals surface area contributed by atoms with Gasteiger partial charge in [-0.25, -0.2) is 9.97 Å². The molecule has 2 rings (SSSR count). The summed E-state index contributed by atoms with van der Waals surface area (Å²) in [5.74, 6) is 1.17. The van der Waals surface area contributed by atoms with Crippen LogP contribution in [0, 0.1) is 3.57 Å². The van der Waals surface area contributed by atoms with Gasteiger partial charge in [-0.1, -0.05) is 6.92 Å². The molecule has 0 saturated heterocycles. The Morgan fingerprint density at radius 1 is 1.44 bits per heavy atom. The Morgan fingerprint density at radius 2 is 2.19 bits per heavy atom. The maximum Gasteiger partial charge on any atom is 0.180 e. The summed E-state index contributed by atoms with van der Waals surface area (Å²) in [4.78, 5) is 8.78. The molecule has 0 aliphatic carbocycles. The zero-order valence-corrected chi connectivity index (χ0v) is 11.3. The van der Waals surface area contributed by atoms with E-state index in [9.17, 15) is 0 Å². The maximum atomic E-state index is 5.86. The molecular weight excluding hydrogens is 317 g/mol. The zero-order chi connectivity index (χ0) is 11.7. The molecule has 0 aliphatic heterocycles. The van der Waals surface area contributed by atoms with E-state index in [1.165, 1.54) is 0 Å². The van der Waals surface area contributed by atoms with Crippen molar-refractivity contribution in [2.24, 2.45) is 7.05 Å². The van der Waals surface area contributed by atoms with E-state index in [1.807, 2.05) is 13.1 Å². The summed E-state index contributed by atoms with van der Waals surface area (Å²) in [6, 6.07) is 1.88. The molecule has 0 fully saturated rings. The summed E-state index contributed by atoms with van der Waals surface area (Å²) in [6.45, 7) is 2.05. The lowest BCUT2D eigenvalue weighted by Gasteiger charge is -2.07. The number of nitrogens with two attached hydrogens (primary N) is 1. The van der Waals surface area contributed by atoms with Crippen molar-refractivity contribution in [2.45, 2.75) is 13.3 Å². The molecule has 2 aromatic heterocycles. The number of hydrogen-bond donors (Lipinski definition) is 1. The second kappa shape index (κ2) is 4.36. The SMILES string of the molecule is CCc1nc(-c2ccnn2C)nc(N)c1I. The molecule has 84 valence electrons. The molecule has 2 N–H and O–H groups in total. The third-order valence-corrected chi connectivity index (χ3v) is 3.51. The van der Waals surface area contributed by atoms with Crippen LogP contribution in [0.2, 0.25) is 0 Å². The van der Waals surface area contributed by atoms with Crippen molar-refractivity contribution in [3.05, 3.63) is 21.5 Å². The summed E-state index contributed by atoms with van der Waals surface area (Å²) in [5, 5.41) is 4.09. The van der Waals surface area contributed by atoms with Gasteiger partial charge in [-0.15, -0.1) is 0 Å². The molecule has 0 radical (unpaired) electrons. The normalized spacial score (nSPS) is 10.7. The molecule has 0 bridgehead atoms. The largest absolute Gasteiger partial charge is 0.383 e. The highest BCUT2D eigenvalue weighted by Crippen LogP contribution is 2.21. The standard InChI is InChI=1S/C10H12IN5/c1-3-6-8(11)9(12)15-10(14-6)7-4-5-13-16(7)2/h4-5H,3H2,1-2H3,(H2,12,14,15). The Labute approximate surface area is 107 Å². The number of anilines is 1. The molecule has 0 aliphatic rings. The van der Waals surface area contributed by atoms with Crippen LogP contribution < -0.4 is 5.73 Å². The van der Waals surface area contributed by atoms with Gasteiger partial charge in [0.05, 0.1) is 9.26 Å². The summed E-state index contributed by atoms with van der Waals surface area (Å²) >= 11 is 2.18. The van der Waals surface area contributed by atoms with Gasteiger partial charge in [0, 0.05) is 13.2 Å². The van der Waals surface area contributed by atoms with E-state index in [4.69, 9.17) is 5.73 Å². The minimum atomic E-state index is 0.531. The highest BCUT2D eigenvalue weighted by Gasteiger charge is 2.12. The van der Waals surface area contributed by atoms with Crippen LogP contribution >= 0.6 is 22.6 Å². The molecule has 0 aromatic carbocycles.